The van der Waals surface area contributed by atoms with Gasteiger partial charge in [0.25, 0.3) is 5.91 Å². The number of urea groups is 1. The highest BCUT2D eigenvalue weighted by atomic mass is 35.5. The van der Waals surface area contributed by atoms with Crippen molar-refractivity contribution in [3.63, 3.8) is 0 Å². The Balaban J connectivity index is 1.76. The molecule has 1 N–H and O–H groups in total. The number of nitrogens with zero attached hydrogens (tertiary/aromatic N) is 1. The van der Waals surface area contributed by atoms with Crippen LogP contribution in [0.1, 0.15) is 18.1 Å². The largest absolute Gasteiger partial charge is 0.325 e. The maximum atomic E-state index is 12.9. The second-order valence-corrected chi connectivity index (χ2v) is 6.33. The summed E-state index contributed by atoms with van der Waals surface area (Å²) in [5.74, 6) is -0.624. The Morgan fingerprint density at radius 3 is 2.33 bits per heavy atom. The number of rotatable bonds is 4. The Bertz CT molecular complexity index is 777. The van der Waals surface area contributed by atoms with Crippen molar-refractivity contribution in [1.29, 1.82) is 0 Å². The SMILES string of the molecule is CC1(c2ccc(Cl)cc2)NC(=O)N(CCc2ccc(F)cc2)C1=O. The number of nitrogens with one attached hydrogen (secondary N) is 1. The van der Waals surface area contributed by atoms with Gasteiger partial charge in [-0.3, -0.25) is 9.69 Å². The molecule has 0 bridgehead atoms. The summed E-state index contributed by atoms with van der Waals surface area (Å²) >= 11 is 5.88. The van der Waals surface area contributed by atoms with Crippen molar-refractivity contribution < 1.29 is 14.0 Å². The Morgan fingerprint density at radius 2 is 1.71 bits per heavy atom. The van der Waals surface area contributed by atoms with E-state index < -0.39 is 11.6 Å². The molecule has 1 saturated heterocycles. The van der Waals surface area contributed by atoms with Gasteiger partial charge in [-0.25, -0.2) is 9.18 Å². The number of hydrogen-bond acceptors (Lipinski definition) is 2. The van der Waals surface area contributed by atoms with Gasteiger partial charge in [-0.2, -0.15) is 0 Å². The van der Waals surface area contributed by atoms with E-state index in [-0.39, 0.29) is 18.3 Å². The van der Waals surface area contributed by atoms with Gasteiger partial charge in [0.15, 0.2) is 0 Å². The Labute approximate surface area is 144 Å². The predicted molar refractivity (Wildman–Crippen MR) is 89.2 cm³/mol. The number of carbonyl (C=O) groups excluding carboxylic acids is 2. The third kappa shape index (κ3) is 2.99. The summed E-state index contributed by atoms with van der Waals surface area (Å²) in [6.07, 6.45) is 0.468. The third-order valence-electron chi connectivity index (χ3n) is 4.23. The molecule has 4 nitrogen and oxygen atoms in total. The van der Waals surface area contributed by atoms with Crippen LogP contribution in [0.15, 0.2) is 48.5 Å². The van der Waals surface area contributed by atoms with E-state index >= 15 is 0 Å². The molecule has 6 heteroatoms. The van der Waals surface area contributed by atoms with Crippen LogP contribution in [0.2, 0.25) is 5.02 Å². The lowest BCUT2D eigenvalue weighted by Crippen LogP contribution is -2.41. The second-order valence-electron chi connectivity index (χ2n) is 5.90. The van der Waals surface area contributed by atoms with Crippen LogP contribution < -0.4 is 5.32 Å². The van der Waals surface area contributed by atoms with Crippen molar-refractivity contribution in [1.82, 2.24) is 10.2 Å². The second kappa shape index (κ2) is 6.24. The first-order chi connectivity index (χ1) is 11.4. The standard InChI is InChI=1S/C18H16ClFN2O2/c1-18(13-4-6-14(19)7-5-13)16(23)22(17(24)21-18)11-10-12-2-8-15(20)9-3-12/h2-9H,10-11H2,1H3,(H,21,24). The molecule has 3 amide bonds. The minimum Gasteiger partial charge on any atom is -0.319 e. The molecule has 1 aliphatic rings. The van der Waals surface area contributed by atoms with Gasteiger partial charge in [0.2, 0.25) is 0 Å². The van der Waals surface area contributed by atoms with Crippen molar-refractivity contribution >= 4 is 23.5 Å². The minimum absolute atomic E-state index is 0.236. The highest BCUT2D eigenvalue weighted by Crippen LogP contribution is 2.29. The van der Waals surface area contributed by atoms with Crippen molar-refractivity contribution in [3.05, 3.63) is 70.5 Å². The summed E-state index contributed by atoms with van der Waals surface area (Å²) in [4.78, 5) is 26.2. The average Bonchev–Trinajstić information content (AvgIpc) is 2.78. The van der Waals surface area contributed by atoms with E-state index in [4.69, 9.17) is 11.6 Å². The van der Waals surface area contributed by atoms with Crippen LogP contribution in [0, 0.1) is 5.82 Å². The molecule has 0 spiro atoms. The lowest BCUT2D eigenvalue weighted by atomic mass is 9.92. The van der Waals surface area contributed by atoms with E-state index in [1.807, 2.05) is 0 Å². The minimum atomic E-state index is -1.11. The number of halogens is 2. The predicted octanol–water partition coefficient (Wildman–Crippen LogP) is 3.49. The quantitative estimate of drug-likeness (QED) is 0.861. The molecule has 0 radical (unpaired) electrons. The summed E-state index contributed by atoms with van der Waals surface area (Å²) in [6.45, 7) is 1.91. The fourth-order valence-electron chi connectivity index (χ4n) is 2.77. The molecule has 1 fully saturated rings. The van der Waals surface area contributed by atoms with E-state index in [2.05, 4.69) is 5.32 Å². The zero-order chi connectivity index (χ0) is 17.3. The first-order valence-corrected chi connectivity index (χ1v) is 7.92. The molecule has 2 aromatic carbocycles. The van der Waals surface area contributed by atoms with Crippen LogP contribution in [0.4, 0.5) is 9.18 Å². The van der Waals surface area contributed by atoms with E-state index in [0.717, 1.165) is 5.56 Å². The summed E-state index contributed by atoms with van der Waals surface area (Å²) in [7, 11) is 0. The number of benzene rings is 2. The molecule has 0 aliphatic carbocycles. The van der Waals surface area contributed by atoms with Crippen LogP contribution >= 0.6 is 11.6 Å². The van der Waals surface area contributed by atoms with Crippen molar-refractivity contribution in [2.24, 2.45) is 0 Å². The molecule has 3 rings (SSSR count). The van der Waals surface area contributed by atoms with Gasteiger partial charge in [-0.05, 0) is 48.7 Å². The molecule has 1 atom stereocenters. The van der Waals surface area contributed by atoms with Crippen LogP contribution in [0.25, 0.3) is 0 Å². The summed E-state index contributed by atoms with van der Waals surface area (Å²) < 4.78 is 12.9. The van der Waals surface area contributed by atoms with E-state index in [9.17, 15) is 14.0 Å². The topological polar surface area (TPSA) is 49.4 Å². The van der Waals surface area contributed by atoms with Crippen molar-refractivity contribution in [2.45, 2.75) is 18.9 Å². The molecule has 24 heavy (non-hydrogen) atoms. The number of imide groups is 1. The average molecular weight is 347 g/mol. The highest BCUT2D eigenvalue weighted by molar-refractivity contribution is 6.30. The van der Waals surface area contributed by atoms with Gasteiger partial charge in [0.05, 0.1) is 0 Å². The molecule has 2 aromatic rings. The number of carbonyl (C=O) groups is 2. The molecule has 1 unspecified atom stereocenters. The van der Waals surface area contributed by atoms with Crippen LogP contribution in [-0.2, 0) is 16.8 Å². The summed E-state index contributed by atoms with van der Waals surface area (Å²) in [5, 5.41) is 3.31. The van der Waals surface area contributed by atoms with Crippen LogP contribution in [0.5, 0.6) is 0 Å². The maximum Gasteiger partial charge on any atom is 0.325 e. The number of amides is 3. The fraction of sp³-hybridized carbons (Fsp3) is 0.222. The van der Waals surface area contributed by atoms with E-state index in [1.165, 1.54) is 17.0 Å². The van der Waals surface area contributed by atoms with Gasteiger partial charge < -0.3 is 5.32 Å². The molecular formula is C18H16ClFN2O2. The van der Waals surface area contributed by atoms with Crippen molar-refractivity contribution in [3.8, 4) is 0 Å². The van der Waals surface area contributed by atoms with Crippen molar-refractivity contribution in [2.75, 3.05) is 6.54 Å². The Kier molecular flexibility index (Phi) is 4.28. The van der Waals surface area contributed by atoms with Crippen LogP contribution in [0.3, 0.4) is 0 Å². The zero-order valence-electron chi connectivity index (χ0n) is 13.1. The van der Waals surface area contributed by atoms with E-state index in [0.29, 0.717) is 17.0 Å². The summed E-state index contributed by atoms with van der Waals surface area (Å²) in [6, 6.07) is 12.4. The highest BCUT2D eigenvalue weighted by Gasteiger charge is 2.48. The smallest absolute Gasteiger partial charge is 0.319 e. The maximum absolute atomic E-state index is 12.9. The first-order valence-electron chi connectivity index (χ1n) is 7.55. The third-order valence-corrected chi connectivity index (χ3v) is 4.49. The molecule has 1 aliphatic heterocycles. The van der Waals surface area contributed by atoms with Gasteiger partial charge in [-0.15, -0.1) is 0 Å². The van der Waals surface area contributed by atoms with Crippen LogP contribution in [-0.4, -0.2) is 23.4 Å². The normalized spacial score (nSPS) is 20.4. The van der Waals surface area contributed by atoms with Gasteiger partial charge in [0.1, 0.15) is 11.4 Å². The lowest BCUT2D eigenvalue weighted by molar-refractivity contribution is -0.131. The molecular weight excluding hydrogens is 331 g/mol. The lowest BCUT2D eigenvalue weighted by Gasteiger charge is -2.22. The van der Waals surface area contributed by atoms with Gasteiger partial charge >= 0.3 is 6.03 Å². The first kappa shape index (κ1) is 16.5. The molecule has 1 heterocycles. The Hall–Kier alpha value is -2.40. The summed E-state index contributed by atoms with van der Waals surface area (Å²) in [5.41, 5.74) is 0.427. The fourth-order valence-corrected chi connectivity index (χ4v) is 2.90. The van der Waals surface area contributed by atoms with Gasteiger partial charge in [-0.1, -0.05) is 35.9 Å². The molecule has 0 saturated carbocycles. The van der Waals surface area contributed by atoms with Gasteiger partial charge in [0, 0.05) is 11.6 Å². The monoisotopic (exact) mass is 346 g/mol. The number of hydrogen-bond donors (Lipinski definition) is 1. The zero-order valence-corrected chi connectivity index (χ0v) is 13.8. The Morgan fingerprint density at radius 1 is 1.08 bits per heavy atom. The van der Waals surface area contributed by atoms with E-state index in [1.54, 1.807) is 43.3 Å². The molecule has 0 aromatic heterocycles. The molecule has 124 valence electrons.